The van der Waals surface area contributed by atoms with Gasteiger partial charge in [-0.15, -0.1) is 0 Å². The fourth-order valence-corrected chi connectivity index (χ4v) is 2.58. The van der Waals surface area contributed by atoms with Crippen LogP contribution in [0.5, 0.6) is 0 Å². The van der Waals surface area contributed by atoms with Gasteiger partial charge in [0.2, 0.25) is 0 Å². The molecule has 0 aromatic heterocycles. The fourth-order valence-electron chi connectivity index (χ4n) is 2.58. The van der Waals surface area contributed by atoms with Crippen LogP contribution in [0.4, 0.5) is 29.3 Å². The van der Waals surface area contributed by atoms with E-state index in [9.17, 15) is 18.0 Å². The summed E-state index contributed by atoms with van der Waals surface area (Å²) < 4.78 is 50.6. The van der Waals surface area contributed by atoms with Crippen LogP contribution in [0, 0.1) is 0 Å². The molecule has 2 amide bonds. The summed E-state index contributed by atoms with van der Waals surface area (Å²) in [6.45, 7) is 5.26. The lowest BCUT2D eigenvalue weighted by Crippen LogP contribution is -2.36. The van der Waals surface area contributed by atoms with Gasteiger partial charge in [0.1, 0.15) is 0 Å². The van der Waals surface area contributed by atoms with Gasteiger partial charge in [0.15, 0.2) is 0 Å². The number of halogens is 3. The van der Waals surface area contributed by atoms with Gasteiger partial charge in [0.25, 0.3) is 0 Å². The number of hydrogen-bond donors (Lipinski definition) is 2. The second-order valence-corrected chi connectivity index (χ2v) is 5.76. The Kier molecular flexibility index (Phi) is 7.52. The number of benzene rings is 1. The maximum Gasteiger partial charge on any atom is 0.418 e. The SMILES string of the molecule is CCOCCCNC(=O)Nc1ccc(N2CCOCC2)cc1C(F)(F)F. The molecule has 0 bridgehead atoms. The van der Waals surface area contributed by atoms with Crippen molar-refractivity contribution < 1.29 is 27.4 Å². The summed E-state index contributed by atoms with van der Waals surface area (Å²) in [5.74, 6) is 0. The van der Waals surface area contributed by atoms with E-state index in [1.165, 1.54) is 6.07 Å². The summed E-state index contributed by atoms with van der Waals surface area (Å²) in [7, 11) is 0. The highest BCUT2D eigenvalue weighted by molar-refractivity contribution is 5.90. The first-order valence-electron chi connectivity index (χ1n) is 8.58. The number of nitrogens with one attached hydrogen (secondary N) is 2. The van der Waals surface area contributed by atoms with Gasteiger partial charge >= 0.3 is 12.2 Å². The zero-order valence-corrected chi connectivity index (χ0v) is 14.7. The Balaban J connectivity index is 2.03. The first-order valence-corrected chi connectivity index (χ1v) is 8.58. The highest BCUT2D eigenvalue weighted by Crippen LogP contribution is 2.37. The van der Waals surface area contributed by atoms with E-state index >= 15 is 0 Å². The number of rotatable bonds is 7. The molecule has 1 aromatic carbocycles. The Hall–Kier alpha value is -2.00. The highest BCUT2D eigenvalue weighted by atomic mass is 19.4. The van der Waals surface area contributed by atoms with Crippen LogP contribution < -0.4 is 15.5 Å². The van der Waals surface area contributed by atoms with Gasteiger partial charge in [0, 0.05) is 38.5 Å². The van der Waals surface area contributed by atoms with Crippen molar-refractivity contribution in [1.29, 1.82) is 0 Å². The Morgan fingerprint density at radius 2 is 2.04 bits per heavy atom. The van der Waals surface area contributed by atoms with Crippen molar-refractivity contribution in [1.82, 2.24) is 5.32 Å². The Labute approximate surface area is 150 Å². The summed E-state index contributed by atoms with van der Waals surface area (Å²) in [6, 6.07) is 3.25. The van der Waals surface area contributed by atoms with Gasteiger partial charge in [0.05, 0.1) is 24.5 Å². The van der Waals surface area contributed by atoms with Crippen molar-refractivity contribution in [2.75, 3.05) is 56.3 Å². The largest absolute Gasteiger partial charge is 0.418 e. The molecule has 1 aliphatic heterocycles. The minimum absolute atomic E-state index is 0.267. The Bertz CT molecular complexity index is 590. The number of alkyl halides is 3. The lowest BCUT2D eigenvalue weighted by molar-refractivity contribution is -0.136. The summed E-state index contributed by atoms with van der Waals surface area (Å²) in [6.07, 6.45) is -3.98. The quantitative estimate of drug-likeness (QED) is 0.719. The Morgan fingerprint density at radius 1 is 1.31 bits per heavy atom. The van der Waals surface area contributed by atoms with Gasteiger partial charge in [-0.3, -0.25) is 0 Å². The zero-order valence-electron chi connectivity index (χ0n) is 14.7. The van der Waals surface area contributed by atoms with Crippen molar-refractivity contribution in [2.45, 2.75) is 19.5 Å². The predicted molar refractivity (Wildman–Crippen MR) is 92.6 cm³/mol. The van der Waals surface area contributed by atoms with Crippen molar-refractivity contribution in [3.63, 3.8) is 0 Å². The molecule has 0 radical (unpaired) electrons. The van der Waals surface area contributed by atoms with Gasteiger partial charge in [-0.25, -0.2) is 4.79 Å². The number of anilines is 2. The van der Waals surface area contributed by atoms with E-state index in [-0.39, 0.29) is 5.69 Å². The molecule has 0 spiro atoms. The molecule has 0 saturated carbocycles. The third-order valence-corrected chi connectivity index (χ3v) is 3.89. The smallest absolute Gasteiger partial charge is 0.382 e. The van der Waals surface area contributed by atoms with E-state index in [0.717, 1.165) is 6.07 Å². The number of urea groups is 1. The van der Waals surface area contributed by atoms with E-state index in [0.29, 0.717) is 58.2 Å². The average molecular weight is 375 g/mol. The maximum absolute atomic E-state index is 13.4. The number of carbonyl (C=O) groups excluding carboxylic acids is 1. The van der Waals surface area contributed by atoms with Crippen LogP contribution in [0.15, 0.2) is 18.2 Å². The Morgan fingerprint density at radius 3 is 2.69 bits per heavy atom. The molecular formula is C17H24F3N3O3. The number of carbonyl (C=O) groups is 1. The molecule has 1 fully saturated rings. The molecule has 1 aliphatic rings. The van der Waals surface area contributed by atoms with Crippen LogP contribution in [0.3, 0.4) is 0 Å². The van der Waals surface area contributed by atoms with Crippen LogP contribution in [-0.4, -0.2) is 52.1 Å². The van der Waals surface area contributed by atoms with Crippen LogP contribution in [-0.2, 0) is 15.7 Å². The maximum atomic E-state index is 13.4. The minimum Gasteiger partial charge on any atom is -0.382 e. The van der Waals surface area contributed by atoms with Crippen molar-refractivity contribution in [2.24, 2.45) is 0 Å². The first-order chi connectivity index (χ1) is 12.4. The molecule has 6 nitrogen and oxygen atoms in total. The number of amides is 2. The topological polar surface area (TPSA) is 62.8 Å². The molecule has 1 heterocycles. The third kappa shape index (κ3) is 6.06. The molecule has 1 saturated heterocycles. The summed E-state index contributed by atoms with van der Waals surface area (Å²) in [4.78, 5) is 13.7. The second-order valence-electron chi connectivity index (χ2n) is 5.76. The molecule has 0 atom stereocenters. The second kappa shape index (κ2) is 9.63. The van der Waals surface area contributed by atoms with E-state index in [2.05, 4.69) is 10.6 Å². The van der Waals surface area contributed by atoms with E-state index < -0.39 is 17.8 Å². The van der Waals surface area contributed by atoms with Gasteiger partial charge in [-0.1, -0.05) is 0 Å². The number of ether oxygens (including phenoxy) is 2. The van der Waals surface area contributed by atoms with Gasteiger partial charge < -0.3 is 25.0 Å². The van der Waals surface area contributed by atoms with Crippen molar-refractivity contribution in [3.05, 3.63) is 23.8 Å². The van der Waals surface area contributed by atoms with E-state index in [4.69, 9.17) is 9.47 Å². The average Bonchev–Trinajstić information content (AvgIpc) is 2.61. The molecule has 2 N–H and O–H groups in total. The van der Waals surface area contributed by atoms with Crippen LogP contribution in [0.25, 0.3) is 0 Å². The molecular weight excluding hydrogens is 351 g/mol. The fraction of sp³-hybridized carbons (Fsp3) is 0.588. The van der Waals surface area contributed by atoms with Gasteiger partial charge in [-0.2, -0.15) is 13.2 Å². The van der Waals surface area contributed by atoms with Gasteiger partial charge in [-0.05, 0) is 31.5 Å². The number of morpholine rings is 1. The normalized spacial score (nSPS) is 15.0. The van der Waals surface area contributed by atoms with Crippen LogP contribution in [0.1, 0.15) is 18.9 Å². The molecule has 26 heavy (non-hydrogen) atoms. The lowest BCUT2D eigenvalue weighted by Gasteiger charge is -2.29. The van der Waals surface area contributed by atoms with E-state index in [1.54, 1.807) is 6.07 Å². The van der Waals surface area contributed by atoms with Crippen molar-refractivity contribution in [3.8, 4) is 0 Å². The molecule has 1 aromatic rings. The lowest BCUT2D eigenvalue weighted by atomic mass is 10.1. The van der Waals surface area contributed by atoms with Crippen LogP contribution in [0.2, 0.25) is 0 Å². The molecule has 9 heteroatoms. The summed E-state index contributed by atoms with van der Waals surface area (Å²) >= 11 is 0. The minimum atomic E-state index is -4.57. The molecule has 2 rings (SSSR count). The third-order valence-electron chi connectivity index (χ3n) is 3.89. The first kappa shape index (κ1) is 20.3. The van der Waals surface area contributed by atoms with E-state index in [1.807, 2.05) is 11.8 Å². The molecule has 0 unspecified atom stereocenters. The molecule has 146 valence electrons. The summed E-state index contributed by atoms with van der Waals surface area (Å²) in [5, 5.41) is 4.81. The number of nitrogens with zero attached hydrogens (tertiary/aromatic N) is 1. The summed E-state index contributed by atoms with van der Waals surface area (Å²) in [5.41, 5.74) is -0.675. The zero-order chi connectivity index (χ0) is 19.0. The molecule has 0 aliphatic carbocycles. The predicted octanol–water partition coefficient (Wildman–Crippen LogP) is 3.09. The number of hydrogen-bond acceptors (Lipinski definition) is 4. The monoisotopic (exact) mass is 375 g/mol. The highest BCUT2D eigenvalue weighted by Gasteiger charge is 2.34. The van der Waals surface area contributed by atoms with Crippen molar-refractivity contribution >= 4 is 17.4 Å². The standard InChI is InChI=1S/C17H24F3N3O3/c1-2-25-9-3-6-21-16(24)22-15-5-4-13(12-14(15)17(18,19)20)23-7-10-26-11-8-23/h4-5,12H,2-3,6-11H2,1H3,(H2,21,22,24). The van der Waals surface area contributed by atoms with Crippen LogP contribution >= 0.6 is 0 Å².